The predicted molar refractivity (Wildman–Crippen MR) is 97.5 cm³/mol. The van der Waals surface area contributed by atoms with Crippen LogP contribution in [-0.2, 0) is 11.2 Å². The summed E-state index contributed by atoms with van der Waals surface area (Å²) in [5, 5.41) is 5.84. The van der Waals surface area contributed by atoms with Gasteiger partial charge in [0.2, 0.25) is 0 Å². The van der Waals surface area contributed by atoms with E-state index in [1.54, 1.807) is 4.90 Å². The number of ether oxygens (including phenoxy) is 1. The molecule has 1 aliphatic heterocycles. The van der Waals surface area contributed by atoms with E-state index < -0.39 is 11.7 Å². The average molecular weight is 347 g/mol. The minimum Gasteiger partial charge on any atom is -0.444 e. The summed E-state index contributed by atoms with van der Waals surface area (Å²) in [6, 6.07) is 10.1. The Hall–Kier alpha value is -2.24. The van der Waals surface area contributed by atoms with Crippen molar-refractivity contribution in [2.45, 2.75) is 51.7 Å². The second-order valence-corrected chi connectivity index (χ2v) is 7.38. The van der Waals surface area contributed by atoms with E-state index in [1.807, 2.05) is 39.0 Å². The van der Waals surface area contributed by atoms with E-state index in [4.69, 9.17) is 4.74 Å². The highest BCUT2D eigenvalue weighted by molar-refractivity contribution is 5.74. The van der Waals surface area contributed by atoms with Crippen molar-refractivity contribution in [3.63, 3.8) is 0 Å². The van der Waals surface area contributed by atoms with Gasteiger partial charge < -0.3 is 20.3 Å². The van der Waals surface area contributed by atoms with Crippen molar-refractivity contribution in [2.24, 2.45) is 0 Å². The molecule has 6 heteroatoms. The number of hydrogen-bond acceptors (Lipinski definition) is 3. The summed E-state index contributed by atoms with van der Waals surface area (Å²) >= 11 is 0. The van der Waals surface area contributed by atoms with Crippen LogP contribution in [-0.4, -0.2) is 48.3 Å². The summed E-state index contributed by atoms with van der Waals surface area (Å²) in [5.74, 6) is 0. The van der Waals surface area contributed by atoms with Crippen LogP contribution >= 0.6 is 0 Å². The molecule has 1 aromatic carbocycles. The maximum absolute atomic E-state index is 12.2. The number of likely N-dealkylation sites (tertiary alicyclic amines) is 1. The minimum absolute atomic E-state index is 0.0355. The van der Waals surface area contributed by atoms with E-state index in [0.29, 0.717) is 19.6 Å². The van der Waals surface area contributed by atoms with E-state index in [-0.39, 0.29) is 12.1 Å². The largest absolute Gasteiger partial charge is 0.444 e. The second kappa shape index (κ2) is 8.74. The molecule has 0 unspecified atom stereocenters. The zero-order valence-corrected chi connectivity index (χ0v) is 15.4. The van der Waals surface area contributed by atoms with Gasteiger partial charge in [-0.2, -0.15) is 0 Å². The van der Waals surface area contributed by atoms with Crippen LogP contribution in [0.15, 0.2) is 30.3 Å². The summed E-state index contributed by atoms with van der Waals surface area (Å²) in [6.07, 6.45) is 1.91. The standard InChI is InChI=1S/C19H29N3O3/c1-19(2,3)25-18(24)21-16-10-13-22(14-11-16)17(23)20-12-9-15-7-5-4-6-8-15/h4-8,16H,9-14H2,1-3H3,(H,20,23)(H,21,24). The molecule has 0 atom stereocenters. The third-order valence-electron chi connectivity index (χ3n) is 4.04. The fourth-order valence-corrected chi connectivity index (χ4v) is 2.77. The fraction of sp³-hybridized carbons (Fsp3) is 0.579. The van der Waals surface area contributed by atoms with Crippen LogP contribution in [0.25, 0.3) is 0 Å². The topological polar surface area (TPSA) is 70.7 Å². The van der Waals surface area contributed by atoms with Crippen molar-refractivity contribution >= 4 is 12.1 Å². The number of carbonyl (C=O) groups excluding carboxylic acids is 2. The Kier molecular flexibility index (Phi) is 6.67. The van der Waals surface area contributed by atoms with Gasteiger partial charge in [-0.05, 0) is 45.6 Å². The molecule has 2 N–H and O–H groups in total. The highest BCUT2D eigenvalue weighted by Crippen LogP contribution is 2.12. The Balaban J connectivity index is 1.65. The van der Waals surface area contributed by atoms with Crippen LogP contribution in [0.5, 0.6) is 0 Å². The molecule has 0 radical (unpaired) electrons. The van der Waals surface area contributed by atoms with Crippen LogP contribution < -0.4 is 10.6 Å². The lowest BCUT2D eigenvalue weighted by Crippen LogP contribution is -2.50. The quantitative estimate of drug-likeness (QED) is 0.880. The molecule has 1 heterocycles. The SMILES string of the molecule is CC(C)(C)OC(=O)NC1CCN(C(=O)NCCc2ccccc2)CC1. The summed E-state index contributed by atoms with van der Waals surface area (Å²) in [4.78, 5) is 25.8. The number of nitrogens with one attached hydrogen (secondary N) is 2. The molecule has 0 saturated carbocycles. The molecule has 0 spiro atoms. The second-order valence-electron chi connectivity index (χ2n) is 7.38. The van der Waals surface area contributed by atoms with Gasteiger partial charge in [0, 0.05) is 25.7 Å². The van der Waals surface area contributed by atoms with Gasteiger partial charge in [-0.3, -0.25) is 0 Å². The molecule has 0 aromatic heterocycles. The fourth-order valence-electron chi connectivity index (χ4n) is 2.77. The highest BCUT2D eigenvalue weighted by Gasteiger charge is 2.25. The van der Waals surface area contributed by atoms with Gasteiger partial charge in [0.05, 0.1) is 0 Å². The summed E-state index contributed by atoms with van der Waals surface area (Å²) in [5.41, 5.74) is 0.715. The third-order valence-corrected chi connectivity index (χ3v) is 4.04. The lowest BCUT2D eigenvalue weighted by Gasteiger charge is -2.32. The first kappa shape index (κ1) is 19.1. The maximum atomic E-state index is 12.2. The molecule has 1 aliphatic rings. The van der Waals surface area contributed by atoms with Crippen molar-refractivity contribution in [1.29, 1.82) is 0 Å². The van der Waals surface area contributed by atoms with Crippen LogP contribution in [0.2, 0.25) is 0 Å². The van der Waals surface area contributed by atoms with Gasteiger partial charge in [0.25, 0.3) is 0 Å². The molecule has 25 heavy (non-hydrogen) atoms. The number of hydrogen-bond donors (Lipinski definition) is 2. The number of nitrogens with zero attached hydrogens (tertiary/aromatic N) is 1. The van der Waals surface area contributed by atoms with Gasteiger partial charge in [0.15, 0.2) is 0 Å². The molecule has 3 amide bonds. The van der Waals surface area contributed by atoms with Crippen LogP contribution in [0.1, 0.15) is 39.2 Å². The first-order valence-electron chi connectivity index (χ1n) is 8.90. The van der Waals surface area contributed by atoms with Gasteiger partial charge >= 0.3 is 12.1 Å². The number of alkyl carbamates (subject to hydrolysis) is 1. The van der Waals surface area contributed by atoms with Gasteiger partial charge in [-0.25, -0.2) is 9.59 Å². The van der Waals surface area contributed by atoms with E-state index in [1.165, 1.54) is 5.56 Å². The Morgan fingerprint density at radius 3 is 2.40 bits per heavy atom. The first-order chi connectivity index (χ1) is 11.8. The van der Waals surface area contributed by atoms with Crippen molar-refractivity contribution in [2.75, 3.05) is 19.6 Å². The number of rotatable bonds is 4. The summed E-state index contributed by atoms with van der Waals surface area (Å²) in [7, 11) is 0. The third kappa shape index (κ3) is 7.03. The molecule has 2 rings (SSSR count). The van der Waals surface area contributed by atoms with Crippen LogP contribution in [0, 0.1) is 0 Å². The molecule has 1 aromatic rings. The molecule has 1 saturated heterocycles. The number of urea groups is 1. The molecule has 6 nitrogen and oxygen atoms in total. The van der Waals surface area contributed by atoms with Gasteiger partial charge in [-0.15, -0.1) is 0 Å². The number of piperidine rings is 1. The number of amides is 3. The predicted octanol–water partition coefficient (Wildman–Crippen LogP) is 2.93. The summed E-state index contributed by atoms with van der Waals surface area (Å²) < 4.78 is 5.27. The average Bonchev–Trinajstić information content (AvgIpc) is 2.54. The minimum atomic E-state index is -0.497. The highest BCUT2D eigenvalue weighted by atomic mass is 16.6. The number of benzene rings is 1. The van der Waals surface area contributed by atoms with E-state index in [2.05, 4.69) is 22.8 Å². The van der Waals surface area contributed by atoms with Crippen molar-refractivity contribution < 1.29 is 14.3 Å². The van der Waals surface area contributed by atoms with Crippen LogP contribution in [0.4, 0.5) is 9.59 Å². The van der Waals surface area contributed by atoms with E-state index >= 15 is 0 Å². The molecule has 1 fully saturated rings. The zero-order valence-electron chi connectivity index (χ0n) is 15.4. The lowest BCUT2D eigenvalue weighted by molar-refractivity contribution is 0.0485. The Bertz CT molecular complexity index is 561. The molecular formula is C19H29N3O3. The Morgan fingerprint density at radius 1 is 1.16 bits per heavy atom. The first-order valence-corrected chi connectivity index (χ1v) is 8.90. The van der Waals surface area contributed by atoms with Gasteiger partial charge in [0.1, 0.15) is 5.60 Å². The van der Waals surface area contributed by atoms with Crippen molar-refractivity contribution in [3.05, 3.63) is 35.9 Å². The maximum Gasteiger partial charge on any atom is 0.407 e. The van der Waals surface area contributed by atoms with Crippen LogP contribution in [0.3, 0.4) is 0 Å². The summed E-state index contributed by atoms with van der Waals surface area (Å²) in [6.45, 7) is 7.42. The van der Waals surface area contributed by atoms with Gasteiger partial charge in [-0.1, -0.05) is 30.3 Å². The molecule has 0 bridgehead atoms. The Morgan fingerprint density at radius 2 is 1.80 bits per heavy atom. The monoisotopic (exact) mass is 347 g/mol. The van der Waals surface area contributed by atoms with E-state index in [9.17, 15) is 9.59 Å². The lowest BCUT2D eigenvalue weighted by atomic mass is 10.1. The molecule has 0 aliphatic carbocycles. The zero-order chi connectivity index (χ0) is 18.3. The smallest absolute Gasteiger partial charge is 0.407 e. The normalized spacial score (nSPS) is 15.6. The van der Waals surface area contributed by atoms with Crippen molar-refractivity contribution in [3.8, 4) is 0 Å². The van der Waals surface area contributed by atoms with Crippen molar-refractivity contribution in [1.82, 2.24) is 15.5 Å². The molecular weight excluding hydrogens is 318 g/mol. The number of carbonyl (C=O) groups is 2. The molecule has 138 valence electrons. The van der Waals surface area contributed by atoms with E-state index in [0.717, 1.165) is 19.3 Å². The Labute approximate surface area is 149 Å².